The second-order valence-corrected chi connectivity index (χ2v) is 5.94. The Balaban J connectivity index is 1.84. The Bertz CT molecular complexity index is 242. The van der Waals surface area contributed by atoms with Gasteiger partial charge in [-0.25, -0.2) is 8.42 Å². The van der Waals surface area contributed by atoms with E-state index in [9.17, 15) is 8.42 Å². The average Bonchev–Trinajstić information content (AvgIpc) is 1.75. The van der Waals surface area contributed by atoms with Gasteiger partial charge in [0.1, 0.15) is 0 Å². The molecule has 0 aromatic carbocycles. The van der Waals surface area contributed by atoms with Gasteiger partial charge in [-0.05, 0) is 5.92 Å². The molecule has 0 atom stereocenters. The summed E-state index contributed by atoms with van der Waals surface area (Å²) in [6.45, 7) is 4.39. The van der Waals surface area contributed by atoms with Crippen molar-refractivity contribution >= 4 is 9.84 Å². The number of hydrogen-bond donors (Lipinski definition) is 0. The molecule has 0 saturated carbocycles. The molecule has 0 aliphatic carbocycles. The lowest BCUT2D eigenvalue weighted by molar-refractivity contribution is 0.0750. The Morgan fingerprint density at radius 3 is 2.18 bits per heavy atom. The van der Waals surface area contributed by atoms with Gasteiger partial charge in [-0.15, -0.1) is 0 Å². The fourth-order valence-corrected chi connectivity index (χ4v) is 3.29. The van der Waals surface area contributed by atoms with Gasteiger partial charge in [0.05, 0.1) is 11.5 Å². The van der Waals surface area contributed by atoms with E-state index in [0.29, 0.717) is 17.5 Å². The summed E-state index contributed by atoms with van der Waals surface area (Å²) in [5.74, 6) is 1.58. The van der Waals surface area contributed by atoms with Crippen LogP contribution >= 0.6 is 0 Å². The summed E-state index contributed by atoms with van der Waals surface area (Å²) >= 11 is 0. The Morgan fingerprint density at radius 1 is 1.27 bits per heavy atom. The summed E-state index contributed by atoms with van der Waals surface area (Å²) in [6.07, 6.45) is 0. The first kappa shape index (κ1) is 7.55. The van der Waals surface area contributed by atoms with E-state index in [2.05, 4.69) is 11.8 Å². The minimum absolute atomic E-state index is 0.358. The van der Waals surface area contributed by atoms with Crippen LogP contribution in [0.15, 0.2) is 0 Å². The van der Waals surface area contributed by atoms with Gasteiger partial charge in [-0.3, -0.25) is 4.90 Å². The molecule has 0 N–H and O–H groups in total. The minimum Gasteiger partial charge on any atom is -0.298 e. The Labute approximate surface area is 67.3 Å². The molecule has 0 spiro atoms. The molecule has 4 heteroatoms. The van der Waals surface area contributed by atoms with Crippen molar-refractivity contribution in [3.63, 3.8) is 0 Å². The van der Waals surface area contributed by atoms with Crippen molar-refractivity contribution in [1.82, 2.24) is 4.90 Å². The van der Waals surface area contributed by atoms with Crippen LogP contribution in [0.25, 0.3) is 0 Å². The van der Waals surface area contributed by atoms with Crippen molar-refractivity contribution in [2.75, 3.05) is 24.6 Å². The molecule has 0 aromatic heterocycles. The number of likely N-dealkylation sites (tertiary alicyclic amines) is 1. The largest absolute Gasteiger partial charge is 0.298 e. The van der Waals surface area contributed by atoms with Gasteiger partial charge in [0.15, 0.2) is 9.84 Å². The minimum atomic E-state index is -2.61. The second kappa shape index (κ2) is 2.20. The van der Waals surface area contributed by atoms with E-state index in [0.717, 1.165) is 19.0 Å². The molecular weight excluding hydrogens is 162 g/mol. The fraction of sp³-hybridized carbons (Fsp3) is 1.00. The molecule has 2 rings (SSSR count). The highest BCUT2D eigenvalue weighted by Gasteiger charge is 2.41. The standard InChI is InChI=1S/C7H13NO2S/c1-6-2-8(3-6)7-4-11(9,10)5-7/h6-7H,2-5H2,1H3. The van der Waals surface area contributed by atoms with Crippen LogP contribution in [-0.4, -0.2) is 44.0 Å². The molecule has 2 aliphatic rings. The third-order valence-corrected chi connectivity index (χ3v) is 4.29. The summed E-state index contributed by atoms with van der Waals surface area (Å²) in [5, 5.41) is 0. The molecule has 2 fully saturated rings. The van der Waals surface area contributed by atoms with Crippen LogP contribution in [0.4, 0.5) is 0 Å². The molecule has 2 saturated heterocycles. The first-order valence-corrected chi connectivity index (χ1v) is 5.83. The quantitative estimate of drug-likeness (QED) is 0.551. The molecular formula is C7H13NO2S. The van der Waals surface area contributed by atoms with E-state index in [1.54, 1.807) is 0 Å². The number of hydrogen-bond acceptors (Lipinski definition) is 3. The predicted octanol–water partition coefficient (Wildman–Crippen LogP) is -0.265. The van der Waals surface area contributed by atoms with E-state index in [1.165, 1.54) is 0 Å². The van der Waals surface area contributed by atoms with Crippen LogP contribution in [0, 0.1) is 5.92 Å². The van der Waals surface area contributed by atoms with Crippen LogP contribution in [0.3, 0.4) is 0 Å². The van der Waals surface area contributed by atoms with Gasteiger partial charge in [0.2, 0.25) is 0 Å². The van der Waals surface area contributed by atoms with Gasteiger partial charge in [0.25, 0.3) is 0 Å². The molecule has 3 nitrogen and oxygen atoms in total. The van der Waals surface area contributed by atoms with Crippen LogP contribution in [0.5, 0.6) is 0 Å². The topological polar surface area (TPSA) is 37.4 Å². The summed E-state index contributed by atoms with van der Waals surface area (Å²) in [6, 6.07) is 0.358. The number of sulfone groups is 1. The number of rotatable bonds is 1. The maximum Gasteiger partial charge on any atom is 0.153 e. The maximum absolute atomic E-state index is 10.8. The van der Waals surface area contributed by atoms with E-state index in [4.69, 9.17) is 0 Å². The van der Waals surface area contributed by atoms with Gasteiger partial charge in [-0.1, -0.05) is 6.92 Å². The van der Waals surface area contributed by atoms with Crippen molar-refractivity contribution in [3.05, 3.63) is 0 Å². The molecule has 2 aliphatic heterocycles. The molecule has 64 valence electrons. The third-order valence-electron chi connectivity index (χ3n) is 2.50. The molecule has 11 heavy (non-hydrogen) atoms. The highest BCUT2D eigenvalue weighted by Crippen LogP contribution is 2.24. The van der Waals surface area contributed by atoms with Crippen molar-refractivity contribution in [1.29, 1.82) is 0 Å². The van der Waals surface area contributed by atoms with Gasteiger partial charge < -0.3 is 0 Å². The van der Waals surface area contributed by atoms with E-state index >= 15 is 0 Å². The molecule has 0 unspecified atom stereocenters. The molecule has 0 amide bonds. The SMILES string of the molecule is CC1CN(C2CS(=O)(=O)C2)C1. The predicted molar refractivity (Wildman–Crippen MR) is 43.2 cm³/mol. The van der Waals surface area contributed by atoms with Crippen LogP contribution in [0.2, 0.25) is 0 Å². The Kier molecular flexibility index (Phi) is 1.51. The first-order valence-electron chi connectivity index (χ1n) is 4.01. The van der Waals surface area contributed by atoms with E-state index in [1.807, 2.05) is 0 Å². The van der Waals surface area contributed by atoms with Gasteiger partial charge >= 0.3 is 0 Å². The van der Waals surface area contributed by atoms with E-state index < -0.39 is 9.84 Å². The lowest BCUT2D eigenvalue weighted by Gasteiger charge is -2.46. The van der Waals surface area contributed by atoms with Gasteiger partial charge in [0, 0.05) is 19.1 Å². The fourth-order valence-electron chi connectivity index (χ4n) is 1.79. The Morgan fingerprint density at radius 2 is 1.82 bits per heavy atom. The summed E-state index contributed by atoms with van der Waals surface area (Å²) in [7, 11) is -2.61. The summed E-state index contributed by atoms with van der Waals surface area (Å²) in [4.78, 5) is 2.27. The van der Waals surface area contributed by atoms with Crippen LogP contribution < -0.4 is 0 Å². The second-order valence-electron chi connectivity index (χ2n) is 3.79. The van der Waals surface area contributed by atoms with Crippen molar-refractivity contribution in [2.24, 2.45) is 5.92 Å². The molecule has 2 heterocycles. The summed E-state index contributed by atoms with van der Waals surface area (Å²) < 4.78 is 21.6. The average molecular weight is 175 g/mol. The zero-order chi connectivity index (χ0) is 8.06. The molecule has 0 bridgehead atoms. The monoisotopic (exact) mass is 175 g/mol. The first-order chi connectivity index (χ1) is 5.07. The lowest BCUT2D eigenvalue weighted by Crippen LogP contribution is -2.60. The van der Waals surface area contributed by atoms with Crippen molar-refractivity contribution in [2.45, 2.75) is 13.0 Å². The zero-order valence-electron chi connectivity index (χ0n) is 6.66. The van der Waals surface area contributed by atoms with Crippen LogP contribution in [-0.2, 0) is 9.84 Å². The van der Waals surface area contributed by atoms with E-state index in [-0.39, 0.29) is 0 Å². The molecule has 0 radical (unpaired) electrons. The van der Waals surface area contributed by atoms with Crippen LogP contribution in [0.1, 0.15) is 6.92 Å². The zero-order valence-corrected chi connectivity index (χ0v) is 7.47. The molecule has 0 aromatic rings. The lowest BCUT2D eigenvalue weighted by atomic mass is 10.0. The normalized spacial score (nSPS) is 32.8. The highest BCUT2D eigenvalue weighted by molar-refractivity contribution is 7.92. The summed E-state index contributed by atoms with van der Waals surface area (Å²) in [5.41, 5.74) is 0. The maximum atomic E-state index is 10.8. The highest BCUT2D eigenvalue weighted by atomic mass is 32.2. The van der Waals surface area contributed by atoms with Crippen molar-refractivity contribution in [3.8, 4) is 0 Å². The Hall–Kier alpha value is -0.0900. The van der Waals surface area contributed by atoms with Gasteiger partial charge in [-0.2, -0.15) is 0 Å². The number of nitrogens with zero attached hydrogens (tertiary/aromatic N) is 1. The van der Waals surface area contributed by atoms with Crippen molar-refractivity contribution < 1.29 is 8.42 Å². The third kappa shape index (κ3) is 1.29. The smallest absolute Gasteiger partial charge is 0.153 e.